The van der Waals surface area contributed by atoms with Gasteiger partial charge >= 0.3 is 0 Å². The van der Waals surface area contributed by atoms with Crippen LogP contribution >= 0.6 is 15.9 Å². The molecule has 4 nitrogen and oxygen atoms in total. The molecule has 21 heavy (non-hydrogen) atoms. The number of anilines is 1. The van der Waals surface area contributed by atoms with Crippen LogP contribution in [-0.4, -0.2) is 24.1 Å². The number of hydrogen-bond acceptors (Lipinski definition) is 4. The predicted octanol–water partition coefficient (Wildman–Crippen LogP) is 3.75. The van der Waals surface area contributed by atoms with Gasteiger partial charge < -0.3 is 10.1 Å². The van der Waals surface area contributed by atoms with E-state index in [1.165, 1.54) is 5.56 Å². The first kappa shape index (κ1) is 15.9. The number of ether oxygens (including phenoxy) is 1. The third-order valence-corrected chi connectivity index (χ3v) is 4.33. The predicted molar refractivity (Wildman–Crippen MR) is 88.6 cm³/mol. The Morgan fingerprint density at radius 3 is 2.43 bits per heavy atom. The van der Waals surface area contributed by atoms with E-state index in [9.17, 15) is 0 Å². The molecule has 112 valence electrons. The minimum Gasteiger partial charge on any atom is -0.378 e. The second kappa shape index (κ2) is 6.54. The molecule has 1 aromatic heterocycles. The zero-order valence-corrected chi connectivity index (χ0v) is 14.4. The van der Waals surface area contributed by atoms with Gasteiger partial charge in [-0.3, -0.25) is 0 Å². The van der Waals surface area contributed by atoms with Crippen molar-refractivity contribution in [2.24, 2.45) is 0 Å². The van der Waals surface area contributed by atoms with E-state index in [0.717, 1.165) is 21.8 Å². The summed E-state index contributed by atoms with van der Waals surface area (Å²) in [5.41, 5.74) is 1.74. The first-order chi connectivity index (χ1) is 10.0. The lowest BCUT2D eigenvalue weighted by molar-refractivity contribution is 0.180. The molecular weight excluding hydrogens is 330 g/mol. The summed E-state index contributed by atoms with van der Waals surface area (Å²) < 4.78 is 6.08. The Labute approximate surface area is 134 Å². The number of nitrogens with zero attached hydrogens (tertiary/aromatic N) is 2. The molecule has 2 rings (SSSR count). The smallest absolute Gasteiger partial charge is 0.144 e. The van der Waals surface area contributed by atoms with Crippen LogP contribution in [-0.2, 0) is 16.8 Å². The highest BCUT2D eigenvalue weighted by Crippen LogP contribution is 2.32. The minimum absolute atomic E-state index is 0.282. The lowest BCUT2D eigenvalue weighted by atomic mass is 9.83. The van der Waals surface area contributed by atoms with Crippen molar-refractivity contribution in [1.29, 1.82) is 0 Å². The lowest BCUT2D eigenvalue weighted by Gasteiger charge is -2.25. The molecule has 0 bridgehead atoms. The molecule has 0 amide bonds. The van der Waals surface area contributed by atoms with Gasteiger partial charge in [0.1, 0.15) is 11.6 Å². The van der Waals surface area contributed by atoms with E-state index in [2.05, 4.69) is 52.2 Å². The Balaban J connectivity index is 2.55. The van der Waals surface area contributed by atoms with Crippen LogP contribution in [0, 0.1) is 0 Å². The van der Waals surface area contributed by atoms with Crippen molar-refractivity contribution >= 4 is 21.7 Å². The fraction of sp³-hybridized carbons (Fsp3) is 0.375. The van der Waals surface area contributed by atoms with Crippen molar-refractivity contribution in [3.63, 3.8) is 0 Å². The maximum atomic E-state index is 5.23. The monoisotopic (exact) mass is 349 g/mol. The van der Waals surface area contributed by atoms with Gasteiger partial charge in [-0.05, 0) is 35.3 Å². The van der Waals surface area contributed by atoms with E-state index in [0.29, 0.717) is 6.61 Å². The SMILES string of the molecule is CNc1nc(C(C)(C)c2ccccc2)nc(COC)c1Br. The van der Waals surface area contributed by atoms with Gasteiger partial charge in [-0.2, -0.15) is 0 Å². The third-order valence-electron chi connectivity index (χ3n) is 3.49. The molecule has 0 saturated carbocycles. The maximum Gasteiger partial charge on any atom is 0.144 e. The Morgan fingerprint density at radius 2 is 1.86 bits per heavy atom. The Kier molecular flexibility index (Phi) is 4.96. The molecule has 0 saturated heterocycles. The van der Waals surface area contributed by atoms with E-state index in [1.54, 1.807) is 7.11 Å². The summed E-state index contributed by atoms with van der Waals surface area (Å²) in [5, 5.41) is 3.10. The van der Waals surface area contributed by atoms with Crippen LogP contribution < -0.4 is 5.32 Å². The molecule has 0 aliphatic rings. The van der Waals surface area contributed by atoms with Gasteiger partial charge in [-0.25, -0.2) is 9.97 Å². The summed E-state index contributed by atoms with van der Waals surface area (Å²) in [6.07, 6.45) is 0. The first-order valence-corrected chi connectivity index (χ1v) is 7.59. The zero-order chi connectivity index (χ0) is 15.5. The van der Waals surface area contributed by atoms with Crippen molar-refractivity contribution in [3.8, 4) is 0 Å². The molecule has 1 aromatic carbocycles. The molecule has 0 unspecified atom stereocenters. The highest BCUT2D eigenvalue weighted by Gasteiger charge is 2.28. The molecule has 2 aromatic rings. The Morgan fingerprint density at radius 1 is 1.19 bits per heavy atom. The molecular formula is C16H20BrN3O. The molecule has 0 spiro atoms. The fourth-order valence-corrected chi connectivity index (χ4v) is 2.65. The zero-order valence-electron chi connectivity index (χ0n) is 12.8. The van der Waals surface area contributed by atoms with Crippen LogP contribution in [0.2, 0.25) is 0 Å². The maximum absolute atomic E-state index is 5.23. The topological polar surface area (TPSA) is 47.0 Å². The summed E-state index contributed by atoms with van der Waals surface area (Å²) in [4.78, 5) is 9.35. The third kappa shape index (κ3) is 3.24. The van der Waals surface area contributed by atoms with Crippen molar-refractivity contribution in [3.05, 3.63) is 51.9 Å². The molecule has 0 radical (unpaired) electrons. The molecule has 0 aliphatic carbocycles. The van der Waals surface area contributed by atoms with Gasteiger partial charge in [0.05, 0.1) is 16.8 Å². The second-order valence-corrected chi connectivity index (χ2v) is 6.12. The normalized spacial score (nSPS) is 11.5. The highest BCUT2D eigenvalue weighted by atomic mass is 79.9. The van der Waals surface area contributed by atoms with Crippen LogP contribution in [0.5, 0.6) is 0 Å². The van der Waals surface area contributed by atoms with E-state index in [4.69, 9.17) is 9.72 Å². The summed E-state index contributed by atoms with van der Waals surface area (Å²) >= 11 is 3.53. The van der Waals surface area contributed by atoms with Crippen molar-refractivity contribution in [2.45, 2.75) is 25.9 Å². The van der Waals surface area contributed by atoms with Gasteiger partial charge in [-0.15, -0.1) is 0 Å². The van der Waals surface area contributed by atoms with Gasteiger partial charge in [0.25, 0.3) is 0 Å². The van der Waals surface area contributed by atoms with E-state index in [-0.39, 0.29) is 5.41 Å². The number of halogens is 1. The molecule has 0 atom stereocenters. The Bertz CT molecular complexity index is 614. The van der Waals surface area contributed by atoms with E-state index in [1.807, 2.05) is 25.2 Å². The van der Waals surface area contributed by atoms with Gasteiger partial charge in [0.2, 0.25) is 0 Å². The van der Waals surface area contributed by atoms with Crippen molar-refractivity contribution in [2.75, 3.05) is 19.5 Å². The quantitative estimate of drug-likeness (QED) is 0.892. The lowest BCUT2D eigenvalue weighted by Crippen LogP contribution is -2.24. The molecule has 0 fully saturated rings. The van der Waals surface area contributed by atoms with Gasteiger partial charge in [0.15, 0.2) is 0 Å². The average Bonchev–Trinajstić information content (AvgIpc) is 2.50. The number of nitrogens with one attached hydrogen (secondary N) is 1. The summed E-state index contributed by atoms with van der Waals surface area (Å²) in [6, 6.07) is 10.3. The Hall–Kier alpha value is -1.46. The average molecular weight is 350 g/mol. The highest BCUT2D eigenvalue weighted by molar-refractivity contribution is 9.10. The molecule has 1 N–H and O–H groups in total. The van der Waals surface area contributed by atoms with E-state index < -0.39 is 0 Å². The number of methoxy groups -OCH3 is 1. The largest absolute Gasteiger partial charge is 0.378 e. The van der Waals surface area contributed by atoms with Crippen LogP contribution in [0.3, 0.4) is 0 Å². The first-order valence-electron chi connectivity index (χ1n) is 6.79. The number of rotatable bonds is 5. The standard InChI is InChI=1S/C16H20BrN3O/c1-16(2,11-8-6-5-7-9-11)15-19-12(10-21-4)13(17)14(18-3)20-15/h5-9H,10H2,1-4H3,(H,18,19,20). The molecule has 0 aliphatic heterocycles. The van der Waals surface area contributed by atoms with Gasteiger partial charge in [0, 0.05) is 19.6 Å². The van der Waals surface area contributed by atoms with Crippen molar-refractivity contribution in [1.82, 2.24) is 9.97 Å². The summed E-state index contributed by atoms with van der Waals surface area (Å²) in [7, 11) is 3.51. The number of benzene rings is 1. The fourth-order valence-electron chi connectivity index (χ4n) is 2.15. The van der Waals surface area contributed by atoms with Crippen LogP contribution in [0.1, 0.15) is 30.9 Å². The summed E-state index contributed by atoms with van der Waals surface area (Å²) in [6.45, 7) is 4.69. The van der Waals surface area contributed by atoms with Crippen LogP contribution in [0.4, 0.5) is 5.82 Å². The molecule has 5 heteroatoms. The number of hydrogen-bond donors (Lipinski definition) is 1. The van der Waals surface area contributed by atoms with Crippen LogP contribution in [0.25, 0.3) is 0 Å². The van der Waals surface area contributed by atoms with Crippen LogP contribution in [0.15, 0.2) is 34.8 Å². The number of aromatic nitrogens is 2. The second-order valence-electron chi connectivity index (χ2n) is 5.33. The minimum atomic E-state index is -0.282. The van der Waals surface area contributed by atoms with Crippen molar-refractivity contribution < 1.29 is 4.74 Å². The van der Waals surface area contributed by atoms with Gasteiger partial charge in [-0.1, -0.05) is 30.3 Å². The van der Waals surface area contributed by atoms with E-state index >= 15 is 0 Å². The summed E-state index contributed by atoms with van der Waals surface area (Å²) in [5.74, 6) is 1.55. The molecule has 1 heterocycles.